The molecular formula is C11H16N2O4. The highest BCUT2D eigenvalue weighted by Gasteiger charge is 2.12. The summed E-state index contributed by atoms with van der Waals surface area (Å²) in [5.41, 5.74) is 0.263. The van der Waals surface area contributed by atoms with E-state index in [-0.39, 0.29) is 18.1 Å². The number of aromatic nitrogens is 2. The molecule has 0 aliphatic carbocycles. The van der Waals surface area contributed by atoms with E-state index in [2.05, 4.69) is 9.97 Å². The lowest BCUT2D eigenvalue weighted by molar-refractivity contribution is -0.136. The maximum Gasteiger partial charge on any atom is 0.308 e. The van der Waals surface area contributed by atoms with Crippen LogP contribution in [0.4, 0.5) is 0 Å². The monoisotopic (exact) mass is 240 g/mol. The first-order valence-corrected chi connectivity index (χ1v) is 5.27. The molecule has 6 nitrogen and oxygen atoms in total. The molecule has 0 amide bonds. The summed E-state index contributed by atoms with van der Waals surface area (Å²) in [5, 5.41) is 8.67. The molecule has 0 aliphatic heterocycles. The van der Waals surface area contributed by atoms with Crippen molar-refractivity contribution < 1.29 is 14.6 Å². The summed E-state index contributed by atoms with van der Waals surface area (Å²) in [4.78, 5) is 29.0. The number of aromatic amines is 1. The first kappa shape index (κ1) is 13.4. The number of carbonyl (C=O) groups is 1. The lowest BCUT2D eigenvalue weighted by atomic mass is 10.1. The van der Waals surface area contributed by atoms with Crippen LogP contribution in [0, 0.1) is 6.92 Å². The number of aliphatic carboxylic acids is 1. The summed E-state index contributed by atoms with van der Waals surface area (Å²) in [6.45, 7) is 3.50. The minimum Gasteiger partial charge on any atom is -0.481 e. The summed E-state index contributed by atoms with van der Waals surface area (Å²) < 4.78 is 5.07. The predicted octanol–water partition coefficient (Wildman–Crippen LogP) is 0.283. The molecule has 1 heterocycles. The highest BCUT2D eigenvalue weighted by molar-refractivity contribution is 5.70. The van der Waals surface area contributed by atoms with Gasteiger partial charge in [-0.3, -0.25) is 9.59 Å². The molecule has 0 aliphatic rings. The molecule has 1 atom stereocenters. The molecule has 0 aromatic carbocycles. The average molecular weight is 240 g/mol. The molecule has 6 heteroatoms. The third kappa shape index (κ3) is 3.67. The van der Waals surface area contributed by atoms with Crippen molar-refractivity contribution in [1.29, 1.82) is 0 Å². The van der Waals surface area contributed by atoms with Crippen molar-refractivity contribution in [2.75, 3.05) is 7.11 Å². The van der Waals surface area contributed by atoms with Crippen LogP contribution >= 0.6 is 0 Å². The molecule has 0 radical (unpaired) electrons. The van der Waals surface area contributed by atoms with E-state index in [0.29, 0.717) is 17.9 Å². The third-order valence-corrected chi connectivity index (χ3v) is 2.48. The van der Waals surface area contributed by atoms with Crippen LogP contribution in [0.25, 0.3) is 0 Å². The van der Waals surface area contributed by atoms with Crippen molar-refractivity contribution in [3.05, 3.63) is 27.4 Å². The lowest BCUT2D eigenvalue weighted by Crippen LogP contribution is -2.23. The van der Waals surface area contributed by atoms with Crippen LogP contribution in [-0.2, 0) is 22.4 Å². The molecule has 1 unspecified atom stereocenters. The third-order valence-electron chi connectivity index (χ3n) is 2.48. The smallest absolute Gasteiger partial charge is 0.308 e. The number of H-pyrrole nitrogens is 1. The quantitative estimate of drug-likeness (QED) is 0.771. The Morgan fingerprint density at radius 3 is 2.71 bits per heavy atom. The zero-order chi connectivity index (χ0) is 13.0. The van der Waals surface area contributed by atoms with Crippen molar-refractivity contribution in [1.82, 2.24) is 9.97 Å². The van der Waals surface area contributed by atoms with E-state index < -0.39 is 11.5 Å². The van der Waals surface area contributed by atoms with Crippen LogP contribution in [0.5, 0.6) is 0 Å². The number of ether oxygens (including phenoxy) is 1. The zero-order valence-corrected chi connectivity index (χ0v) is 10.1. The second-order valence-corrected chi connectivity index (χ2v) is 3.90. The number of carboxylic acids is 1. The number of methoxy groups -OCH3 is 1. The molecule has 1 rings (SSSR count). The van der Waals surface area contributed by atoms with Gasteiger partial charge in [-0.2, -0.15) is 0 Å². The minimum absolute atomic E-state index is 0.0529. The zero-order valence-electron chi connectivity index (χ0n) is 10.1. The number of carboxylic acid groups (broad SMARTS) is 1. The molecule has 17 heavy (non-hydrogen) atoms. The number of nitrogens with zero attached hydrogens (tertiary/aromatic N) is 1. The Morgan fingerprint density at radius 2 is 2.24 bits per heavy atom. The fourth-order valence-electron chi connectivity index (χ4n) is 1.48. The van der Waals surface area contributed by atoms with Gasteiger partial charge in [-0.15, -0.1) is 0 Å². The fourth-order valence-corrected chi connectivity index (χ4v) is 1.48. The molecule has 1 aromatic heterocycles. The van der Waals surface area contributed by atoms with E-state index >= 15 is 0 Å². The Bertz CT molecular complexity index is 467. The van der Waals surface area contributed by atoms with E-state index in [1.165, 1.54) is 0 Å². The van der Waals surface area contributed by atoms with E-state index in [1.807, 2.05) is 6.92 Å². The summed E-state index contributed by atoms with van der Waals surface area (Å²) >= 11 is 0. The van der Waals surface area contributed by atoms with Crippen molar-refractivity contribution >= 4 is 5.97 Å². The molecule has 0 bridgehead atoms. The SMILES string of the molecule is COC(C)Cc1nc(C)c(CC(=O)O)c(=O)[nH]1. The van der Waals surface area contributed by atoms with Crippen molar-refractivity contribution in [3.63, 3.8) is 0 Å². The van der Waals surface area contributed by atoms with E-state index in [4.69, 9.17) is 9.84 Å². The van der Waals surface area contributed by atoms with Gasteiger partial charge in [0.2, 0.25) is 0 Å². The first-order chi connectivity index (χ1) is 7.93. The molecule has 94 valence electrons. The van der Waals surface area contributed by atoms with Gasteiger partial charge in [0.05, 0.1) is 12.5 Å². The van der Waals surface area contributed by atoms with Crippen molar-refractivity contribution in [3.8, 4) is 0 Å². The van der Waals surface area contributed by atoms with Crippen LogP contribution < -0.4 is 5.56 Å². The Kier molecular flexibility index (Phi) is 4.39. The number of hydrogen-bond acceptors (Lipinski definition) is 4. The molecule has 2 N–H and O–H groups in total. The highest BCUT2D eigenvalue weighted by Crippen LogP contribution is 2.03. The Balaban J connectivity index is 3.01. The summed E-state index contributed by atoms with van der Waals surface area (Å²) in [6, 6.07) is 0. The van der Waals surface area contributed by atoms with Crippen LogP contribution in [0.15, 0.2) is 4.79 Å². The standard InChI is InChI=1S/C11H16N2O4/c1-6(17-3)4-9-12-7(2)8(5-10(14)15)11(16)13-9/h6H,4-5H2,1-3H3,(H,14,15)(H,12,13,16). The van der Waals surface area contributed by atoms with E-state index in [0.717, 1.165) is 0 Å². The summed E-state index contributed by atoms with van der Waals surface area (Å²) in [7, 11) is 1.58. The minimum atomic E-state index is -1.04. The van der Waals surface area contributed by atoms with Crippen LogP contribution in [0.3, 0.4) is 0 Å². The van der Waals surface area contributed by atoms with Gasteiger partial charge >= 0.3 is 5.97 Å². The van der Waals surface area contributed by atoms with Crippen molar-refractivity contribution in [2.45, 2.75) is 32.8 Å². The normalized spacial score (nSPS) is 12.4. The Hall–Kier alpha value is -1.69. The molecule has 0 fully saturated rings. The fraction of sp³-hybridized carbons (Fsp3) is 0.545. The van der Waals surface area contributed by atoms with Gasteiger partial charge in [-0.05, 0) is 13.8 Å². The second kappa shape index (κ2) is 5.58. The lowest BCUT2D eigenvalue weighted by Gasteiger charge is -2.10. The van der Waals surface area contributed by atoms with Crippen molar-refractivity contribution in [2.24, 2.45) is 0 Å². The van der Waals surface area contributed by atoms with Gasteiger partial charge in [-0.1, -0.05) is 0 Å². The molecule has 0 spiro atoms. The summed E-state index contributed by atoms with van der Waals surface area (Å²) in [5.74, 6) is -0.533. The number of hydrogen-bond donors (Lipinski definition) is 2. The van der Waals surface area contributed by atoms with Gasteiger partial charge in [0.25, 0.3) is 5.56 Å². The maximum atomic E-state index is 11.7. The van der Waals surface area contributed by atoms with Gasteiger partial charge in [0.15, 0.2) is 0 Å². The highest BCUT2D eigenvalue weighted by atomic mass is 16.5. The van der Waals surface area contributed by atoms with Gasteiger partial charge in [-0.25, -0.2) is 4.98 Å². The largest absolute Gasteiger partial charge is 0.481 e. The number of aryl methyl sites for hydroxylation is 1. The topological polar surface area (TPSA) is 92.3 Å². The Labute approximate surface area is 98.7 Å². The molecule has 0 saturated heterocycles. The molecule has 1 aromatic rings. The number of nitrogens with one attached hydrogen (secondary N) is 1. The Morgan fingerprint density at radius 1 is 1.59 bits per heavy atom. The van der Waals surface area contributed by atoms with Gasteiger partial charge in [0, 0.05) is 24.8 Å². The second-order valence-electron chi connectivity index (χ2n) is 3.90. The van der Waals surface area contributed by atoms with Gasteiger partial charge < -0.3 is 14.8 Å². The maximum absolute atomic E-state index is 11.7. The predicted molar refractivity (Wildman–Crippen MR) is 61.1 cm³/mol. The number of rotatable bonds is 5. The van der Waals surface area contributed by atoms with E-state index in [1.54, 1.807) is 14.0 Å². The molecular weight excluding hydrogens is 224 g/mol. The van der Waals surface area contributed by atoms with Crippen LogP contribution in [-0.4, -0.2) is 34.3 Å². The van der Waals surface area contributed by atoms with Gasteiger partial charge in [0.1, 0.15) is 5.82 Å². The summed E-state index contributed by atoms with van der Waals surface area (Å²) in [6.07, 6.45) is 0.122. The first-order valence-electron chi connectivity index (χ1n) is 5.27. The van der Waals surface area contributed by atoms with Crippen LogP contribution in [0.2, 0.25) is 0 Å². The average Bonchev–Trinajstić information content (AvgIpc) is 2.23. The van der Waals surface area contributed by atoms with Crippen LogP contribution in [0.1, 0.15) is 24.0 Å². The van der Waals surface area contributed by atoms with E-state index in [9.17, 15) is 9.59 Å². The molecule has 0 saturated carbocycles.